The summed E-state index contributed by atoms with van der Waals surface area (Å²) in [5.41, 5.74) is 2.50. The number of nitrogens with one attached hydrogen (secondary N) is 2. The molecule has 0 spiro atoms. The molecule has 0 saturated carbocycles. The first kappa shape index (κ1) is 21.8. The van der Waals surface area contributed by atoms with Gasteiger partial charge in [0.05, 0.1) is 25.3 Å². The van der Waals surface area contributed by atoms with Crippen LogP contribution in [0, 0.1) is 5.82 Å². The lowest BCUT2D eigenvalue weighted by molar-refractivity contribution is -0.132. The topological polar surface area (TPSA) is 91.0 Å². The zero-order valence-corrected chi connectivity index (χ0v) is 17.8. The van der Waals surface area contributed by atoms with Gasteiger partial charge in [0, 0.05) is 32.1 Å². The number of ether oxygens (including phenoxy) is 1. The average Bonchev–Trinajstić information content (AvgIpc) is 3.15. The van der Waals surface area contributed by atoms with Gasteiger partial charge in [-0.25, -0.2) is 9.18 Å². The van der Waals surface area contributed by atoms with Gasteiger partial charge in [-0.2, -0.15) is 0 Å². The van der Waals surface area contributed by atoms with Crippen molar-refractivity contribution in [1.29, 1.82) is 0 Å². The van der Waals surface area contributed by atoms with Crippen LogP contribution < -0.4 is 15.5 Å². The van der Waals surface area contributed by atoms with Gasteiger partial charge in [-0.3, -0.25) is 14.5 Å². The second kappa shape index (κ2) is 9.35. The maximum Gasteiger partial charge on any atom is 0.414 e. The predicted molar refractivity (Wildman–Crippen MR) is 116 cm³/mol. The quantitative estimate of drug-likeness (QED) is 0.716. The summed E-state index contributed by atoms with van der Waals surface area (Å²) in [6.07, 6.45) is -1.05. The molecule has 9 heteroatoms. The molecular formula is C23H25FN4O4. The van der Waals surface area contributed by atoms with Crippen LogP contribution >= 0.6 is 0 Å². The summed E-state index contributed by atoms with van der Waals surface area (Å²) in [5.74, 6) is -0.590. The van der Waals surface area contributed by atoms with Crippen molar-refractivity contribution in [3.05, 3.63) is 53.8 Å². The molecule has 2 aliphatic rings. The fourth-order valence-electron chi connectivity index (χ4n) is 3.83. The monoisotopic (exact) mass is 440 g/mol. The van der Waals surface area contributed by atoms with Gasteiger partial charge >= 0.3 is 6.09 Å². The summed E-state index contributed by atoms with van der Waals surface area (Å²) >= 11 is 0. The lowest BCUT2D eigenvalue weighted by Gasteiger charge is -2.27. The number of piperazine rings is 1. The van der Waals surface area contributed by atoms with Crippen molar-refractivity contribution >= 4 is 23.6 Å². The van der Waals surface area contributed by atoms with Crippen LogP contribution in [0.3, 0.4) is 0 Å². The molecule has 4 rings (SSSR count). The molecule has 2 N–H and O–H groups in total. The number of hydrogen-bond acceptors (Lipinski definition) is 5. The Balaban J connectivity index is 1.43. The molecule has 168 valence electrons. The van der Waals surface area contributed by atoms with Crippen LogP contribution in [0.5, 0.6) is 0 Å². The molecular weight excluding hydrogens is 415 g/mol. The number of halogens is 1. The second-order valence-corrected chi connectivity index (χ2v) is 7.91. The summed E-state index contributed by atoms with van der Waals surface area (Å²) < 4.78 is 20.1. The smallest absolute Gasteiger partial charge is 0.414 e. The molecule has 0 aliphatic carbocycles. The Labute approximate surface area is 185 Å². The number of amides is 3. The Morgan fingerprint density at radius 1 is 1.22 bits per heavy atom. The van der Waals surface area contributed by atoms with Gasteiger partial charge in [0.15, 0.2) is 0 Å². The van der Waals surface area contributed by atoms with Gasteiger partial charge in [0.25, 0.3) is 0 Å². The lowest BCUT2D eigenvalue weighted by atomic mass is 10.0. The van der Waals surface area contributed by atoms with Crippen LogP contribution in [0.15, 0.2) is 42.5 Å². The van der Waals surface area contributed by atoms with Crippen LogP contribution in [0.4, 0.5) is 14.9 Å². The third kappa shape index (κ3) is 4.88. The Hall–Kier alpha value is -3.46. The normalized spacial score (nSPS) is 18.6. The highest BCUT2D eigenvalue weighted by atomic mass is 19.1. The van der Waals surface area contributed by atoms with E-state index in [1.165, 1.54) is 17.9 Å². The van der Waals surface area contributed by atoms with Crippen molar-refractivity contribution in [3.63, 3.8) is 0 Å². The van der Waals surface area contributed by atoms with E-state index in [1.54, 1.807) is 17.0 Å². The standard InChI is InChI=1S/C23H25FN4O4/c1-15(29)26-11-19-14-28(23(31)32-19)18-6-7-20(21(24)10-18)17-4-2-16(3-5-17)13-27-9-8-25-12-22(27)30/h2-7,10,19,25H,8-9,11-14H2,1H3,(H,26,29). The molecule has 0 bridgehead atoms. The highest BCUT2D eigenvalue weighted by Crippen LogP contribution is 2.29. The Morgan fingerprint density at radius 3 is 2.69 bits per heavy atom. The third-order valence-corrected chi connectivity index (χ3v) is 5.54. The van der Waals surface area contributed by atoms with Crippen LogP contribution in [0.1, 0.15) is 12.5 Å². The summed E-state index contributed by atoms with van der Waals surface area (Å²) in [6, 6.07) is 12.1. The van der Waals surface area contributed by atoms with E-state index in [0.29, 0.717) is 36.4 Å². The SMILES string of the molecule is CC(=O)NCC1CN(c2ccc(-c3ccc(CN4CCNCC4=O)cc3)c(F)c2)C(=O)O1. The first-order valence-corrected chi connectivity index (χ1v) is 10.5. The molecule has 2 aromatic carbocycles. The zero-order chi connectivity index (χ0) is 22.7. The summed E-state index contributed by atoms with van der Waals surface area (Å²) in [4.78, 5) is 38.3. The zero-order valence-electron chi connectivity index (χ0n) is 17.8. The molecule has 32 heavy (non-hydrogen) atoms. The number of nitrogens with zero attached hydrogens (tertiary/aromatic N) is 2. The van der Waals surface area contributed by atoms with Gasteiger partial charge in [-0.15, -0.1) is 0 Å². The van der Waals surface area contributed by atoms with E-state index in [-0.39, 0.29) is 24.9 Å². The number of cyclic esters (lactones) is 1. The van der Waals surface area contributed by atoms with Gasteiger partial charge in [-0.1, -0.05) is 24.3 Å². The van der Waals surface area contributed by atoms with E-state index in [0.717, 1.165) is 12.1 Å². The van der Waals surface area contributed by atoms with E-state index in [4.69, 9.17) is 4.74 Å². The molecule has 2 fully saturated rings. The predicted octanol–water partition coefficient (Wildman–Crippen LogP) is 1.89. The molecule has 8 nitrogen and oxygen atoms in total. The molecule has 2 heterocycles. The van der Waals surface area contributed by atoms with Crippen molar-refractivity contribution in [2.45, 2.75) is 19.6 Å². The minimum absolute atomic E-state index is 0.0710. The van der Waals surface area contributed by atoms with Crippen molar-refractivity contribution in [2.75, 3.05) is 37.6 Å². The molecule has 1 unspecified atom stereocenters. The number of benzene rings is 2. The number of anilines is 1. The van der Waals surface area contributed by atoms with Crippen molar-refractivity contribution in [1.82, 2.24) is 15.5 Å². The first-order valence-electron chi connectivity index (χ1n) is 10.5. The van der Waals surface area contributed by atoms with Gasteiger partial charge in [0.2, 0.25) is 11.8 Å². The molecule has 2 saturated heterocycles. The number of hydrogen-bond donors (Lipinski definition) is 2. The van der Waals surface area contributed by atoms with E-state index >= 15 is 0 Å². The van der Waals surface area contributed by atoms with Crippen molar-refractivity contribution < 1.29 is 23.5 Å². The molecule has 0 radical (unpaired) electrons. The summed E-state index contributed by atoms with van der Waals surface area (Å²) in [5, 5.41) is 5.66. The van der Waals surface area contributed by atoms with Gasteiger partial charge in [0.1, 0.15) is 11.9 Å². The van der Waals surface area contributed by atoms with E-state index in [9.17, 15) is 18.8 Å². The maximum atomic E-state index is 14.9. The molecule has 0 aromatic heterocycles. The Bertz CT molecular complexity index is 1030. The number of carbonyl (C=O) groups is 3. The van der Waals surface area contributed by atoms with Crippen LogP contribution in [-0.2, 0) is 20.9 Å². The van der Waals surface area contributed by atoms with Crippen molar-refractivity contribution in [3.8, 4) is 11.1 Å². The fraction of sp³-hybridized carbons (Fsp3) is 0.348. The number of carbonyl (C=O) groups excluding carboxylic acids is 3. The van der Waals surface area contributed by atoms with E-state index in [1.807, 2.05) is 24.3 Å². The lowest BCUT2D eigenvalue weighted by Crippen LogP contribution is -2.47. The fourth-order valence-corrected chi connectivity index (χ4v) is 3.83. The van der Waals surface area contributed by atoms with Crippen molar-refractivity contribution in [2.24, 2.45) is 0 Å². The highest BCUT2D eigenvalue weighted by Gasteiger charge is 2.32. The Kier molecular flexibility index (Phi) is 6.36. The van der Waals surface area contributed by atoms with Crippen LogP contribution in [-0.4, -0.2) is 61.6 Å². The largest absolute Gasteiger partial charge is 0.442 e. The number of rotatable bonds is 6. The van der Waals surface area contributed by atoms with E-state index < -0.39 is 18.0 Å². The maximum absolute atomic E-state index is 14.9. The molecule has 3 amide bonds. The minimum Gasteiger partial charge on any atom is -0.442 e. The first-order chi connectivity index (χ1) is 15.4. The van der Waals surface area contributed by atoms with Gasteiger partial charge in [-0.05, 0) is 29.3 Å². The van der Waals surface area contributed by atoms with E-state index in [2.05, 4.69) is 10.6 Å². The van der Waals surface area contributed by atoms with Crippen LogP contribution in [0.25, 0.3) is 11.1 Å². The Morgan fingerprint density at radius 2 is 2.00 bits per heavy atom. The molecule has 2 aromatic rings. The average molecular weight is 440 g/mol. The second-order valence-electron chi connectivity index (χ2n) is 7.91. The van der Waals surface area contributed by atoms with Gasteiger partial charge < -0.3 is 20.3 Å². The molecule has 1 atom stereocenters. The minimum atomic E-state index is -0.570. The molecule has 2 aliphatic heterocycles. The summed E-state index contributed by atoms with van der Waals surface area (Å²) in [6.45, 7) is 4.16. The third-order valence-electron chi connectivity index (χ3n) is 5.54. The van der Waals surface area contributed by atoms with Crippen LogP contribution in [0.2, 0.25) is 0 Å². The summed E-state index contributed by atoms with van der Waals surface area (Å²) in [7, 11) is 0. The highest BCUT2D eigenvalue weighted by molar-refractivity contribution is 5.90.